The van der Waals surface area contributed by atoms with Crippen molar-refractivity contribution in [2.45, 2.75) is 32.4 Å². The zero-order valence-corrected chi connectivity index (χ0v) is 20.1. The van der Waals surface area contributed by atoms with Gasteiger partial charge in [0.1, 0.15) is 23.8 Å². The molecule has 8 nitrogen and oxygen atoms in total. The summed E-state index contributed by atoms with van der Waals surface area (Å²) in [4.78, 5) is 29.6. The van der Waals surface area contributed by atoms with E-state index in [2.05, 4.69) is 27.8 Å². The molecule has 0 radical (unpaired) electrons. The summed E-state index contributed by atoms with van der Waals surface area (Å²) in [5, 5.41) is 5.80. The highest BCUT2D eigenvalue weighted by molar-refractivity contribution is 6.02. The summed E-state index contributed by atoms with van der Waals surface area (Å²) in [6.45, 7) is 2.45. The first-order valence-electron chi connectivity index (χ1n) is 11.8. The van der Waals surface area contributed by atoms with Gasteiger partial charge < -0.3 is 24.2 Å². The molecule has 1 fully saturated rings. The van der Waals surface area contributed by atoms with Gasteiger partial charge in [-0.2, -0.15) is 0 Å². The molecule has 36 heavy (non-hydrogen) atoms. The summed E-state index contributed by atoms with van der Waals surface area (Å²) in [7, 11) is 1.56. The normalized spacial score (nSPS) is 16.5. The van der Waals surface area contributed by atoms with Gasteiger partial charge >= 0.3 is 0 Å². The monoisotopic (exact) mass is 485 g/mol. The summed E-state index contributed by atoms with van der Waals surface area (Å²) < 4.78 is 16.3. The van der Waals surface area contributed by atoms with E-state index in [-0.39, 0.29) is 23.5 Å². The summed E-state index contributed by atoms with van der Waals surface area (Å²) in [5.41, 5.74) is 3.27. The van der Waals surface area contributed by atoms with Crippen molar-refractivity contribution in [1.29, 1.82) is 0 Å². The third kappa shape index (κ3) is 5.23. The molecule has 2 amide bonds. The van der Waals surface area contributed by atoms with Crippen molar-refractivity contribution in [3.63, 3.8) is 0 Å². The molecule has 0 saturated heterocycles. The lowest BCUT2D eigenvalue weighted by molar-refractivity contribution is -0.122. The molecule has 0 bridgehead atoms. The molecule has 4 aromatic rings. The van der Waals surface area contributed by atoms with Crippen molar-refractivity contribution in [3.05, 3.63) is 95.3 Å². The largest absolute Gasteiger partial charge is 0.453 e. The number of oxazole rings is 1. The Labute approximate surface area is 208 Å². The van der Waals surface area contributed by atoms with Crippen LogP contribution in [0, 0.1) is 12.8 Å². The highest BCUT2D eigenvalue weighted by Gasteiger charge is 2.43. The van der Waals surface area contributed by atoms with Crippen LogP contribution >= 0.6 is 0 Å². The predicted molar refractivity (Wildman–Crippen MR) is 133 cm³/mol. The smallest absolute Gasteiger partial charge is 0.291 e. The van der Waals surface area contributed by atoms with Gasteiger partial charge in [0.2, 0.25) is 11.8 Å². The first-order valence-corrected chi connectivity index (χ1v) is 11.8. The predicted octanol–water partition coefficient (Wildman–Crippen LogP) is 5.06. The Hall–Kier alpha value is -4.17. The molecule has 2 aromatic heterocycles. The van der Waals surface area contributed by atoms with Crippen molar-refractivity contribution in [2.75, 3.05) is 12.4 Å². The lowest BCUT2D eigenvalue weighted by Crippen LogP contribution is -2.25. The molecular weight excluding hydrogens is 458 g/mol. The average molecular weight is 486 g/mol. The van der Waals surface area contributed by atoms with E-state index >= 15 is 0 Å². The molecule has 1 aliphatic carbocycles. The van der Waals surface area contributed by atoms with Crippen LogP contribution in [0.2, 0.25) is 0 Å². The van der Waals surface area contributed by atoms with E-state index in [1.54, 1.807) is 31.4 Å². The summed E-state index contributed by atoms with van der Waals surface area (Å²) in [5.74, 6) is 1.90. The number of carbonyl (C=O) groups excluding carboxylic acids is 2. The molecule has 184 valence electrons. The van der Waals surface area contributed by atoms with E-state index in [0.29, 0.717) is 47.9 Å². The number of nitrogens with one attached hydrogen (secondary N) is 2. The van der Waals surface area contributed by atoms with Crippen LogP contribution in [0.15, 0.2) is 75.6 Å². The molecule has 5 rings (SSSR count). The highest BCUT2D eigenvalue weighted by atomic mass is 16.5. The Morgan fingerprint density at radius 3 is 2.56 bits per heavy atom. The van der Waals surface area contributed by atoms with E-state index in [1.807, 2.05) is 37.3 Å². The fourth-order valence-electron chi connectivity index (χ4n) is 4.18. The Bertz CT molecular complexity index is 1360. The van der Waals surface area contributed by atoms with Crippen LogP contribution in [0.25, 0.3) is 11.5 Å². The molecule has 8 heteroatoms. The fourth-order valence-corrected chi connectivity index (χ4v) is 4.18. The minimum Gasteiger partial charge on any atom is -0.453 e. The lowest BCUT2D eigenvalue weighted by atomic mass is 10.1. The van der Waals surface area contributed by atoms with Crippen LogP contribution in [-0.2, 0) is 22.7 Å². The number of aromatic nitrogens is 1. The zero-order valence-electron chi connectivity index (χ0n) is 20.1. The molecule has 2 heterocycles. The first-order chi connectivity index (χ1) is 17.5. The second-order valence-corrected chi connectivity index (χ2v) is 8.83. The van der Waals surface area contributed by atoms with Crippen molar-refractivity contribution < 1.29 is 23.2 Å². The molecule has 0 aliphatic heterocycles. The van der Waals surface area contributed by atoms with Gasteiger partial charge in [-0.15, -0.1) is 0 Å². The Kier molecular flexibility index (Phi) is 6.69. The van der Waals surface area contributed by atoms with E-state index in [0.717, 1.165) is 12.0 Å². The number of carbonyl (C=O) groups is 2. The fraction of sp³-hybridized carbons (Fsp3) is 0.250. The van der Waals surface area contributed by atoms with Crippen molar-refractivity contribution in [3.8, 4) is 11.5 Å². The summed E-state index contributed by atoms with van der Waals surface area (Å²) in [6, 6.07) is 20.6. The van der Waals surface area contributed by atoms with E-state index in [1.165, 1.54) is 5.56 Å². The maximum absolute atomic E-state index is 12.6. The Morgan fingerprint density at radius 1 is 1.03 bits per heavy atom. The number of furan rings is 1. The molecule has 1 saturated carbocycles. The van der Waals surface area contributed by atoms with Gasteiger partial charge in [-0.25, -0.2) is 4.98 Å². The van der Waals surface area contributed by atoms with Crippen molar-refractivity contribution in [1.82, 2.24) is 10.3 Å². The number of methoxy groups -OCH3 is 1. The van der Waals surface area contributed by atoms with Gasteiger partial charge in [0.25, 0.3) is 5.91 Å². The molecule has 2 N–H and O–H groups in total. The number of ether oxygens (including phenoxy) is 1. The highest BCUT2D eigenvalue weighted by Crippen LogP contribution is 2.47. The number of hydrogen-bond acceptors (Lipinski definition) is 6. The number of hydrogen-bond donors (Lipinski definition) is 2. The van der Waals surface area contributed by atoms with Gasteiger partial charge in [0.15, 0.2) is 5.76 Å². The minimum absolute atomic E-state index is 0.00887. The maximum Gasteiger partial charge on any atom is 0.291 e. The van der Waals surface area contributed by atoms with Crippen molar-refractivity contribution in [2.24, 2.45) is 5.92 Å². The number of aryl methyl sites for hydroxylation is 1. The van der Waals surface area contributed by atoms with Gasteiger partial charge in [-0.3, -0.25) is 9.59 Å². The van der Waals surface area contributed by atoms with Crippen LogP contribution in [-0.4, -0.2) is 23.9 Å². The summed E-state index contributed by atoms with van der Waals surface area (Å²) >= 11 is 0. The number of anilines is 1. The summed E-state index contributed by atoms with van der Waals surface area (Å²) in [6.07, 6.45) is 0.871. The molecule has 1 aliphatic rings. The van der Waals surface area contributed by atoms with Gasteiger partial charge in [0, 0.05) is 24.3 Å². The lowest BCUT2D eigenvalue weighted by Gasteiger charge is -2.04. The second-order valence-electron chi connectivity index (χ2n) is 8.83. The van der Waals surface area contributed by atoms with Crippen LogP contribution in [0.1, 0.15) is 45.7 Å². The Balaban J connectivity index is 1.16. The van der Waals surface area contributed by atoms with Gasteiger partial charge in [-0.05, 0) is 61.2 Å². The van der Waals surface area contributed by atoms with E-state index in [9.17, 15) is 9.59 Å². The van der Waals surface area contributed by atoms with E-state index < -0.39 is 0 Å². The molecular formula is C28H27N3O5. The topological polar surface area (TPSA) is 107 Å². The van der Waals surface area contributed by atoms with Crippen LogP contribution in [0.4, 0.5) is 5.69 Å². The van der Waals surface area contributed by atoms with E-state index in [4.69, 9.17) is 13.6 Å². The number of rotatable bonds is 9. The third-order valence-corrected chi connectivity index (χ3v) is 6.24. The SMILES string of the molecule is COCc1ccc(C(=O)Nc2ccc(-c3nc(CNC(=O)[C@@H]4C[C@H]4c4ccccc4)c(C)o3)cc2)o1. The van der Waals surface area contributed by atoms with Crippen LogP contribution in [0.5, 0.6) is 0 Å². The van der Waals surface area contributed by atoms with Crippen LogP contribution in [0.3, 0.4) is 0 Å². The number of nitrogens with zero attached hydrogens (tertiary/aromatic N) is 1. The van der Waals surface area contributed by atoms with Crippen molar-refractivity contribution >= 4 is 17.5 Å². The third-order valence-electron chi connectivity index (χ3n) is 6.24. The average Bonchev–Trinajstić information content (AvgIpc) is 3.42. The maximum atomic E-state index is 12.6. The first kappa shape index (κ1) is 23.6. The van der Waals surface area contributed by atoms with Gasteiger partial charge in [0.05, 0.1) is 6.54 Å². The van der Waals surface area contributed by atoms with Crippen LogP contribution < -0.4 is 10.6 Å². The number of benzene rings is 2. The zero-order chi connectivity index (χ0) is 25.1. The molecule has 0 spiro atoms. The quantitative estimate of drug-likeness (QED) is 0.343. The Morgan fingerprint density at radius 2 is 1.81 bits per heavy atom. The molecule has 2 atom stereocenters. The standard InChI is InChI=1S/C28H27N3O5/c1-17-24(15-29-26(32)23-14-22(23)18-6-4-3-5-7-18)31-28(35-17)19-8-10-20(11-9-19)30-27(33)25-13-12-21(36-25)16-34-2/h3-13,22-23H,14-16H2,1-2H3,(H,29,32)(H,30,33)/t22-,23+/m0/s1. The minimum atomic E-state index is -0.347. The van der Waals surface area contributed by atoms with Gasteiger partial charge in [-0.1, -0.05) is 30.3 Å². The molecule has 2 aromatic carbocycles. The molecule has 0 unspecified atom stereocenters. The number of amides is 2. The second kappa shape index (κ2) is 10.2.